The van der Waals surface area contributed by atoms with Gasteiger partial charge in [-0.15, -0.1) is 0 Å². The number of amides is 2. The Morgan fingerprint density at radius 3 is 2.40 bits per heavy atom. The Morgan fingerprint density at radius 1 is 1.10 bits per heavy atom. The molecule has 2 fully saturated rings. The topological polar surface area (TPSA) is 122 Å². The van der Waals surface area contributed by atoms with Crippen LogP contribution in [-0.4, -0.2) is 39.9 Å². The summed E-state index contributed by atoms with van der Waals surface area (Å²) in [7, 11) is 0. The smallest absolute Gasteiger partial charge is 0.254 e. The van der Waals surface area contributed by atoms with Crippen molar-refractivity contribution in [3.8, 4) is 0 Å². The largest absolute Gasteiger partial charge is 0.367 e. The van der Waals surface area contributed by atoms with Crippen LogP contribution >= 0.6 is 0 Å². The van der Waals surface area contributed by atoms with Crippen LogP contribution in [0.25, 0.3) is 0 Å². The Kier molecular flexibility index (Phi) is 7.87. The van der Waals surface area contributed by atoms with Gasteiger partial charge in [0.25, 0.3) is 5.91 Å². The summed E-state index contributed by atoms with van der Waals surface area (Å²) in [6, 6.07) is 0.705. The van der Waals surface area contributed by atoms with Crippen LogP contribution in [-0.2, 0) is 4.79 Å². The van der Waals surface area contributed by atoms with Crippen molar-refractivity contribution < 1.29 is 9.59 Å². The second-order valence-corrected chi connectivity index (χ2v) is 8.77. The molecule has 0 bridgehead atoms. The fraction of sp³-hybridized carbons (Fsp3) is 0.727. The summed E-state index contributed by atoms with van der Waals surface area (Å²) < 4.78 is 0. The van der Waals surface area contributed by atoms with E-state index in [0.29, 0.717) is 29.7 Å². The number of rotatable bonds is 8. The van der Waals surface area contributed by atoms with Gasteiger partial charge >= 0.3 is 0 Å². The van der Waals surface area contributed by atoms with Crippen LogP contribution in [0.3, 0.4) is 0 Å². The zero-order valence-corrected chi connectivity index (χ0v) is 18.2. The number of carbonyl (C=O) groups is 2. The van der Waals surface area contributed by atoms with Gasteiger partial charge in [-0.2, -0.15) is 4.98 Å². The van der Waals surface area contributed by atoms with E-state index in [4.69, 9.17) is 5.73 Å². The van der Waals surface area contributed by atoms with Gasteiger partial charge in [-0.05, 0) is 51.4 Å². The van der Waals surface area contributed by atoms with Crippen molar-refractivity contribution in [2.24, 2.45) is 11.7 Å². The normalized spacial score (nSPS) is 23.4. The molecule has 8 nitrogen and oxygen atoms in total. The van der Waals surface area contributed by atoms with E-state index in [0.717, 1.165) is 25.7 Å². The summed E-state index contributed by atoms with van der Waals surface area (Å²) in [5.41, 5.74) is 5.87. The molecule has 0 aromatic carbocycles. The third kappa shape index (κ3) is 6.06. The molecule has 2 aliphatic carbocycles. The minimum absolute atomic E-state index is 0.0982. The Morgan fingerprint density at radius 2 is 1.77 bits per heavy atom. The van der Waals surface area contributed by atoms with Crippen molar-refractivity contribution in [1.82, 2.24) is 15.3 Å². The molecule has 5 N–H and O–H groups in total. The minimum atomic E-state index is -0.534. The molecule has 1 aromatic rings. The van der Waals surface area contributed by atoms with Crippen LogP contribution in [0.1, 0.15) is 88.4 Å². The molecular weight excluding hydrogens is 380 g/mol. The number of carbonyl (C=O) groups excluding carboxylic acids is 2. The first-order valence-corrected chi connectivity index (χ1v) is 11.5. The standard InChI is InChI=1S/C22H36N6O2/c1-3-19(29)26-16-9-11-17(12-10-16)27-21-18(20(23)30)13-24-22(28-21)25-14(2)15-7-5-4-6-8-15/h13-17H,3-12H2,1-2H3,(H2,23,30)(H,26,29)(H2,24,25,27,28)/t14-,16-,17+/m0/s1. The van der Waals surface area contributed by atoms with Gasteiger partial charge in [0.05, 0.1) is 5.56 Å². The van der Waals surface area contributed by atoms with E-state index in [9.17, 15) is 9.59 Å². The number of nitrogens with two attached hydrogens (primary N) is 1. The zero-order valence-electron chi connectivity index (χ0n) is 18.2. The molecule has 0 saturated heterocycles. The highest BCUT2D eigenvalue weighted by Gasteiger charge is 2.25. The van der Waals surface area contributed by atoms with Crippen molar-refractivity contribution in [3.05, 3.63) is 11.8 Å². The number of nitrogens with zero attached hydrogens (tertiary/aromatic N) is 2. The lowest BCUT2D eigenvalue weighted by molar-refractivity contribution is -0.121. The van der Waals surface area contributed by atoms with Gasteiger partial charge in [0.1, 0.15) is 5.82 Å². The Balaban J connectivity index is 1.62. The van der Waals surface area contributed by atoms with Gasteiger partial charge in [-0.1, -0.05) is 26.2 Å². The van der Waals surface area contributed by atoms with E-state index in [-0.39, 0.29) is 24.0 Å². The molecule has 0 radical (unpaired) electrons. The number of primary amides is 1. The summed E-state index contributed by atoms with van der Waals surface area (Å²) in [4.78, 5) is 32.4. The molecule has 0 aliphatic heterocycles. The van der Waals surface area contributed by atoms with E-state index in [1.54, 1.807) is 0 Å². The van der Waals surface area contributed by atoms with Crippen LogP contribution in [0.5, 0.6) is 0 Å². The highest BCUT2D eigenvalue weighted by atomic mass is 16.2. The zero-order chi connectivity index (χ0) is 21.5. The average molecular weight is 417 g/mol. The highest BCUT2D eigenvalue weighted by molar-refractivity contribution is 5.97. The van der Waals surface area contributed by atoms with Crippen molar-refractivity contribution in [3.63, 3.8) is 0 Å². The first-order valence-electron chi connectivity index (χ1n) is 11.5. The first-order chi connectivity index (χ1) is 14.5. The second-order valence-electron chi connectivity index (χ2n) is 8.77. The molecule has 1 atom stereocenters. The number of nitrogens with one attached hydrogen (secondary N) is 3. The Bertz CT molecular complexity index is 726. The van der Waals surface area contributed by atoms with E-state index in [1.165, 1.54) is 38.3 Å². The maximum Gasteiger partial charge on any atom is 0.254 e. The van der Waals surface area contributed by atoms with Gasteiger partial charge in [-0.3, -0.25) is 9.59 Å². The van der Waals surface area contributed by atoms with E-state index in [2.05, 4.69) is 32.8 Å². The summed E-state index contributed by atoms with van der Waals surface area (Å²) in [6.07, 6.45) is 12.0. The van der Waals surface area contributed by atoms with Crippen molar-refractivity contribution in [1.29, 1.82) is 0 Å². The van der Waals surface area contributed by atoms with Gasteiger partial charge < -0.3 is 21.7 Å². The highest BCUT2D eigenvalue weighted by Crippen LogP contribution is 2.28. The molecule has 8 heteroatoms. The number of aromatic nitrogens is 2. The molecule has 30 heavy (non-hydrogen) atoms. The maximum absolute atomic E-state index is 11.9. The molecule has 0 unspecified atom stereocenters. The molecule has 2 aliphatic rings. The lowest BCUT2D eigenvalue weighted by Crippen LogP contribution is -2.40. The fourth-order valence-electron chi connectivity index (χ4n) is 4.60. The summed E-state index contributed by atoms with van der Waals surface area (Å²) in [5.74, 6) is 1.22. The van der Waals surface area contributed by atoms with Gasteiger partial charge in [0.15, 0.2) is 0 Å². The maximum atomic E-state index is 11.9. The molecule has 2 amide bonds. The summed E-state index contributed by atoms with van der Waals surface area (Å²) in [5, 5.41) is 9.90. The van der Waals surface area contributed by atoms with Gasteiger partial charge in [0, 0.05) is 30.7 Å². The summed E-state index contributed by atoms with van der Waals surface area (Å²) >= 11 is 0. The molecule has 0 spiro atoms. The molecule has 3 rings (SSSR count). The first kappa shape index (κ1) is 22.3. The molecular formula is C22H36N6O2. The third-order valence-corrected chi connectivity index (χ3v) is 6.52. The van der Waals surface area contributed by atoms with Crippen molar-refractivity contribution >= 4 is 23.6 Å². The lowest BCUT2D eigenvalue weighted by Gasteiger charge is -2.30. The number of hydrogen-bond acceptors (Lipinski definition) is 6. The van der Waals surface area contributed by atoms with Crippen LogP contribution in [0.2, 0.25) is 0 Å². The third-order valence-electron chi connectivity index (χ3n) is 6.52. The molecule has 166 valence electrons. The predicted molar refractivity (Wildman–Crippen MR) is 118 cm³/mol. The van der Waals surface area contributed by atoms with Gasteiger partial charge in [0.2, 0.25) is 11.9 Å². The van der Waals surface area contributed by atoms with Crippen molar-refractivity contribution in [2.45, 2.75) is 96.2 Å². The summed E-state index contributed by atoms with van der Waals surface area (Å²) in [6.45, 7) is 4.05. The van der Waals surface area contributed by atoms with E-state index in [1.807, 2.05) is 6.92 Å². The fourth-order valence-corrected chi connectivity index (χ4v) is 4.60. The average Bonchev–Trinajstić information content (AvgIpc) is 2.75. The minimum Gasteiger partial charge on any atom is -0.367 e. The number of hydrogen-bond donors (Lipinski definition) is 4. The van der Waals surface area contributed by atoms with Crippen LogP contribution < -0.4 is 21.7 Å². The quantitative estimate of drug-likeness (QED) is 0.516. The van der Waals surface area contributed by atoms with Crippen LogP contribution in [0.15, 0.2) is 6.20 Å². The Labute approximate surface area is 179 Å². The predicted octanol–water partition coefficient (Wildman–Crippen LogP) is 3.21. The second kappa shape index (κ2) is 10.6. The van der Waals surface area contributed by atoms with E-state index < -0.39 is 5.91 Å². The van der Waals surface area contributed by atoms with E-state index >= 15 is 0 Å². The SMILES string of the molecule is CCC(=O)N[C@H]1CC[C@@H](Nc2nc(N[C@@H](C)C3CCCCC3)ncc2C(N)=O)CC1. The van der Waals surface area contributed by atoms with Crippen LogP contribution in [0.4, 0.5) is 11.8 Å². The molecule has 1 aromatic heterocycles. The monoisotopic (exact) mass is 416 g/mol. The molecule has 2 saturated carbocycles. The molecule has 1 heterocycles. The van der Waals surface area contributed by atoms with Crippen LogP contribution in [0, 0.1) is 5.92 Å². The van der Waals surface area contributed by atoms with Gasteiger partial charge in [-0.25, -0.2) is 4.98 Å². The Hall–Kier alpha value is -2.38. The lowest BCUT2D eigenvalue weighted by atomic mass is 9.85. The number of anilines is 2. The van der Waals surface area contributed by atoms with Crippen molar-refractivity contribution in [2.75, 3.05) is 10.6 Å².